The third-order valence-corrected chi connectivity index (χ3v) is 5.51. The van der Waals surface area contributed by atoms with Crippen LogP contribution >= 0.6 is 0 Å². The molecule has 4 rings (SSSR count). The number of aryl methyl sites for hydroxylation is 2. The molecule has 2 aliphatic rings. The SMILES string of the molecule is Cn1cc(C(=O)N2CCC[C@@]3(CCCc4ccccc43)C2)cn1. The smallest absolute Gasteiger partial charge is 0.257 e. The lowest BCUT2D eigenvalue weighted by molar-refractivity contribution is 0.0617. The first-order valence-electron chi connectivity index (χ1n) is 8.54. The zero-order chi connectivity index (χ0) is 15.9. The van der Waals surface area contributed by atoms with Gasteiger partial charge in [-0.3, -0.25) is 9.48 Å². The van der Waals surface area contributed by atoms with Crippen LogP contribution in [0, 0.1) is 0 Å². The van der Waals surface area contributed by atoms with Gasteiger partial charge in [0.1, 0.15) is 0 Å². The Labute approximate surface area is 137 Å². The van der Waals surface area contributed by atoms with E-state index in [4.69, 9.17) is 0 Å². The highest BCUT2D eigenvalue weighted by Crippen LogP contribution is 2.43. The number of benzene rings is 1. The van der Waals surface area contributed by atoms with Gasteiger partial charge < -0.3 is 4.90 Å². The molecule has 4 heteroatoms. The van der Waals surface area contributed by atoms with E-state index in [1.165, 1.54) is 36.8 Å². The lowest BCUT2D eigenvalue weighted by Crippen LogP contribution is -2.49. The predicted octanol–water partition coefficient (Wildman–Crippen LogP) is 2.93. The Morgan fingerprint density at radius 2 is 2.04 bits per heavy atom. The van der Waals surface area contributed by atoms with E-state index in [1.807, 2.05) is 18.1 Å². The van der Waals surface area contributed by atoms with Crippen LogP contribution in [0.5, 0.6) is 0 Å². The Morgan fingerprint density at radius 3 is 2.87 bits per heavy atom. The number of rotatable bonds is 1. The van der Waals surface area contributed by atoms with Gasteiger partial charge in [0.15, 0.2) is 0 Å². The molecule has 2 aromatic rings. The molecule has 0 bridgehead atoms. The van der Waals surface area contributed by atoms with Crippen molar-refractivity contribution < 1.29 is 4.79 Å². The molecule has 1 aliphatic heterocycles. The molecule has 1 amide bonds. The summed E-state index contributed by atoms with van der Waals surface area (Å²) in [7, 11) is 1.85. The fourth-order valence-electron chi connectivity index (χ4n) is 4.45. The molecule has 23 heavy (non-hydrogen) atoms. The van der Waals surface area contributed by atoms with Gasteiger partial charge in [0.2, 0.25) is 0 Å². The summed E-state index contributed by atoms with van der Waals surface area (Å²) in [6, 6.07) is 8.83. The van der Waals surface area contributed by atoms with E-state index in [0.29, 0.717) is 5.56 Å². The molecule has 1 fully saturated rings. The topological polar surface area (TPSA) is 38.1 Å². The van der Waals surface area contributed by atoms with Crippen molar-refractivity contribution in [1.82, 2.24) is 14.7 Å². The van der Waals surface area contributed by atoms with Gasteiger partial charge in [0, 0.05) is 31.7 Å². The first kappa shape index (κ1) is 14.5. The minimum absolute atomic E-state index is 0.125. The second-order valence-electron chi connectivity index (χ2n) is 7.02. The van der Waals surface area contributed by atoms with E-state index in [2.05, 4.69) is 29.4 Å². The molecule has 0 radical (unpaired) electrons. The van der Waals surface area contributed by atoms with Crippen molar-refractivity contribution in [3.8, 4) is 0 Å². The van der Waals surface area contributed by atoms with Gasteiger partial charge in [-0.2, -0.15) is 5.10 Å². The summed E-state index contributed by atoms with van der Waals surface area (Å²) < 4.78 is 1.70. The van der Waals surface area contributed by atoms with Crippen LogP contribution in [0.25, 0.3) is 0 Å². The Balaban J connectivity index is 1.64. The molecule has 2 heterocycles. The molecular weight excluding hydrogens is 286 g/mol. The minimum atomic E-state index is 0.125. The highest BCUT2D eigenvalue weighted by molar-refractivity contribution is 5.93. The molecule has 4 nitrogen and oxygen atoms in total. The van der Waals surface area contributed by atoms with E-state index < -0.39 is 0 Å². The van der Waals surface area contributed by atoms with Crippen molar-refractivity contribution in [2.45, 2.75) is 37.5 Å². The fraction of sp³-hybridized carbons (Fsp3) is 0.474. The number of piperidine rings is 1. The molecule has 1 aliphatic carbocycles. The van der Waals surface area contributed by atoms with Gasteiger partial charge >= 0.3 is 0 Å². The summed E-state index contributed by atoms with van der Waals surface area (Å²) in [5.74, 6) is 0.125. The first-order chi connectivity index (χ1) is 11.2. The van der Waals surface area contributed by atoms with Gasteiger partial charge in [0.05, 0.1) is 11.8 Å². The maximum Gasteiger partial charge on any atom is 0.257 e. The molecule has 1 spiro atoms. The van der Waals surface area contributed by atoms with Crippen LogP contribution in [0.15, 0.2) is 36.7 Å². The summed E-state index contributed by atoms with van der Waals surface area (Å²) >= 11 is 0. The van der Waals surface area contributed by atoms with Crippen molar-refractivity contribution in [3.05, 3.63) is 53.3 Å². The monoisotopic (exact) mass is 309 g/mol. The Hall–Kier alpha value is -2.10. The van der Waals surface area contributed by atoms with Gasteiger partial charge in [-0.15, -0.1) is 0 Å². The molecule has 1 aromatic heterocycles. The van der Waals surface area contributed by atoms with Gasteiger partial charge in [-0.1, -0.05) is 24.3 Å². The highest BCUT2D eigenvalue weighted by Gasteiger charge is 2.41. The van der Waals surface area contributed by atoms with Crippen LogP contribution in [0.4, 0.5) is 0 Å². The Morgan fingerprint density at radius 1 is 1.22 bits per heavy atom. The molecule has 0 unspecified atom stereocenters. The Bertz CT molecular complexity index is 736. The third kappa shape index (κ3) is 2.46. The average molecular weight is 309 g/mol. The fourth-order valence-corrected chi connectivity index (χ4v) is 4.45. The number of nitrogens with zero attached hydrogens (tertiary/aromatic N) is 3. The average Bonchev–Trinajstić information content (AvgIpc) is 3.01. The number of hydrogen-bond donors (Lipinski definition) is 0. The van der Waals surface area contributed by atoms with Crippen molar-refractivity contribution >= 4 is 5.91 Å². The second kappa shape index (κ2) is 5.52. The van der Waals surface area contributed by atoms with E-state index in [0.717, 1.165) is 19.5 Å². The molecule has 1 saturated heterocycles. The number of fused-ring (bicyclic) bond motifs is 2. The number of likely N-dealkylation sites (tertiary alicyclic amines) is 1. The van der Waals surface area contributed by atoms with Crippen LogP contribution in [-0.4, -0.2) is 33.7 Å². The zero-order valence-electron chi connectivity index (χ0n) is 13.7. The number of carbonyl (C=O) groups excluding carboxylic acids is 1. The van der Waals surface area contributed by atoms with E-state index >= 15 is 0 Å². The van der Waals surface area contributed by atoms with Gasteiger partial charge in [-0.25, -0.2) is 0 Å². The van der Waals surface area contributed by atoms with Gasteiger partial charge in [0.25, 0.3) is 5.91 Å². The molecule has 0 saturated carbocycles. The lowest BCUT2D eigenvalue weighted by Gasteiger charge is -2.46. The molecular formula is C19H23N3O. The summed E-state index contributed by atoms with van der Waals surface area (Å²) in [5.41, 5.74) is 3.82. The Kier molecular flexibility index (Phi) is 3.47. The second-order valence-corrected chi connectivity index (χ2v) is 7.02. The number of hydrogen-bond acceptors (Lipinski definition) is 2. The largest absolute Gasteiger partial charge is 0.338 e. The van der Waals surface area contributed by atoms with Crippen LogP contribution in [0.2, 0.25) is 0 Å². The van der Waals surface area contributed by atoms with Crippen molar-refractivity contribution in [3.63, 3.8) is 0 Å². The number of amides is 1. The molecule has 1 atom stereocenters. The summed E-state index contributed by atoms with van der Waals surface area (Å²) in [4.78, 5) is 14.9. The zero-order valence-corrected chi connectivity index (χ0v) is 13.7. The third-order valence-electron chi connectivity index (χ3n) is 5.51. The number of carbonyl (C=O) groups is 1. The van der Waals surface area contributed by atoms with Crippen LogP contribution in [-0.2, 0) is 18.9 Å². The standard InChI is InChI=1S/C19H23N3O/c1-21-13-16(12-20-21)18(23)22-11-5-10-19(14-22)9-4-7-15-6-2-3-8-17(15)19/h2-3,6,8,12-13H,4-5,7,9-11,14H2,1H3/t19-/m0/s1. The minimum Gasteiger partial charge on any atom is -0.338 e. The lowest BCUT2D eigenvalue weighted by atomic mass is 9.66. The summed E-state index contributed by atoms with van der Waals surface area (Å²) in [6.07, 6.45) is 9.37. The highest BCUT2D eigenvalue weighted by atomic mass is 16.2. The van der Waals surface area contributed by atoms with Crippen LogP contribution < -0.4 is 0 Å². The van der Waals surface area contributed by atoms with Crippen molar-refractivity contribution in [1.29, 1.82) is 0 Å². The van der Waals surface area contributed by atoms with E-state index in [-0.39, 0.29) is 11.3 Å². The molecule has 0 N–H and O–H groups in total. The summed E-state index contributed by atoms with van der Waals surface area (Å²) in [6.45, 7) is 1.70. The quantitative estimate of drug-likeness (QED) is 0.812. The first-order valence-corrected chi connectivity index (χ1v) is 8.54. The van der Waals surface area contributed by atoms with E-state index in [1.54, 1.807) is 10.9 Å². The molecule has 1 aromatic carbocycles. The van der Waals surface area contributed by atoms with Crippen molar-refractivity contribution in [2.24, 2.45) is 7.05 Å². The van der Waals surface area contributed by atoms with E-state index in [9.17, 15) is 4.79 Å². The molecule has 120 valence electrons. The van der Waals surface area contributed by atoms with Crippen molar-refractivity contribution in [2.75, 3.05) is 13.1 Å². The number of aromatic nitrogens is 2. The summed E-state index contributed by atoms with van der Waals surface area (Å²) in [5, 5.41) is 4.14. The van der Waals surface area contributed by atoms with Gasteiger partial charge in [-0.05, 0) is 43.2 Å². The maximum atomic E-state index is 12.8. The normalized spacial score (nSPS) is 23.8. The maximum absolute atomic E-state index is 12.8. The predicted molar refractivity (Wildman–Crippen MR) is 89.4 cm³/mol. The van der Waals surface area contributed by atoms with Crippen LogP contribution in [0.1, 0.15) is 47.2 Å². The van der Waals surface area contributed by atoms with Crippen LogP contribution in [0.3, 0.4) is 0 Å².